The lowest BCUT2D eigenvalue weighted by molar-refractivity contribution is 0.0478. The van der Waals surface area contributed by atoms with Gasteiger partial charge in [0.25, 0.3) is 5.91 Å². The van der Waals surface area contributed by atoms with Crippen LogP contribution in [0.4, 0.5) is 4.39 Å². The van der Waals surface area contributed by atoms with E-state index in [1.807, 2.05) is 30.3 Å². The molecule has 0 saturated carbocycles. The van der Waals surface area contributed by atoms with Gasteiger partial charge in [0.1, 0.15) is 5.82 Å². The standard InChI is InChI=1S/C28H28FN3O5S/c29-25-12-5-4-10-22(25)20-38(34,35)28-30-16-23(32(28)17-21-8-2-1-3-9-21)18-31(19-24-11-6-14-36-24)27(33)26-13-7-15-37-26/h1-5,7-10,12-13,15-16,24H,6,11,14,17-20H2/t24-/m1/s1. The molecule has 1 saturated heterocycles. The van der Waals surface area contributed by atoms with Crippen molar-refractivity contribution in [2.45, 2.75) is 42.9 Å². The summed E-state index contributed by atoms with van der Waals surface area (Å²) in [5.74, 6) is -1.27. The van der Waals surface area contributed by atoms with Gasteiger partial charge < -0.3 is 18.6 Å². The molecule has 1 fully saturated rings. The van der Waals surface area contributed by atoms with Crippen molar-refractivity contribution < 1.29 is 26.8 Å². The third-order valence-electron chi connectivity index (χ3n) is 6.49. The van der Waals surface area contributed by atoms with Gasteiger partial charge in [-0.05, 0) is 36.6 Å². The van der Waals surface area contributed by atoms with Gasteiger partial charge in [-0.25, -0.2) is 17.8 Å². The quantitative estimate of drug-likeness (QED) is 0.297. The zero-order valence-corrected chi connectivity index (χ0v) is 21.5. The maximum absolute atomic E-state index is 14.3. The van der Waals surface area contributed by atoms with E-state index in [9.17, 15) is 17.6 Å². The summed E-state index contributed by atoms with van der Waals surface area (Å²) in [6, 6.07) is 18.4. The third-order valence-corrected chi connectivity index (χ3v) is 8.06. The average Bonchev–Trinajstić information content (AvgIpc) is 3.69. The molecule has 2 aromatic heterocycles. The minimum Gasteiger partial charge on any atom is -0.459 e. The Balaban J connectivity index is 1.51. The number of ether oxygens (including phenoxy) is 1. The predicted octanol–water partition coefficient (Wildman–Crippen LogP) is 4.46. The smallest absolute Gasteiger partial charge is 0.289 e. The van der Waals surface area contributed by atoms with Crippen LogP contribution in [0.1, 0.15) is 40.2 Å². The lowest BCUT2D eigenvalue weighted by Crippen LogP contribution is -2.37. The summed E-state index contributed by atoms with van der Waals surface area (Å²) in [5, 5.41) is -0.179. The second-order valence-corrected chi connectivity index (χ2v) is 11.1. The van der Waals surface area contributed by atoms with Gasteiger partial charge in [0.05, 0.1) is 43.1 Å². The summed E-state index contributed by atoms with van der Waals surface area (Å²) in [6.07, 6.45) is 4.52. The highest BCUT2D eigenvalue weighted by molar-refractivity contribution is 7.90. The number of halogens is 1. The number of rotatable bonds is 10. The molecule has 8 nitrogen and oxygen atoms in total. The number of carbonyl (C=O) groups is 1. The van der Waals surface area contributed by atoms with Gasteiger partial charge in [-0.3, -0.25) is 4.79 Å². The van der Waals surface area contributed by atoms with Gasteiger partial charge in [-0.15, -0.1) is 0 Å². The van der Waals surface area contributed by atoms with Crippen LogP contribution in [0.3, 0.4) is 0 Å². The lowest BCUT2D eigenvalue weighted by Gasteiger charge is -2.25. The van der Waals surface area contributed by atoms with E-state index in [-0.39, 0.29) is 41.6 Å². The molecule has 198 valence electrons. The maximum atomic E-state index is 14.3. The first kappa shape index (κ1) is 25.9. The first-order valence-corrected chi connectivity index (χ1v) is 14.0. The zero-order chi connectivity index (χ0) is 26.5. The Labute approximate surface area is 220 Å². The van der Waals surface area contributed by atoms with Crippen LogP contribution >= 0.6 is 0 Å². The largest absolute Gasteiger partial charge is 0.459 e. The van der Waals surface area contributed by atoms with Gasteiger partial charge in [-0.1, -0.05) is 48.5 Å². The van der Waals surface area contributed by atoms with Crippen molar-refractivity contribution >= 4 is 15.7 Å². The van der Waals surface area contributed by atoms with E-state index in [0.29, 0.717) is 18.8 Å². The minimum atomic E-state index is -4.02. The maximum Gasteiger partial charge on any atom is 0.289 e. The fourth-order valence-electron chi connectivity index (χ4n) is 4.59. The van der Waals surface area contributed by atoms with Gasteiger partial charge in [-0.2, -0.15) is 0 Å². The van der Waals surface area contributed by atoms with Gasteiger partial charge in [0, 0.05) is 18.7 Å². The lowest BCUT2D eigenvalue weighted by atomic mass is 10.2. The van der Waals surface area contributed by atoms with Crippen molar-refractivity contribution in [1.29, 1.82) is 0 Å². The summed E-state index contributed by atoms with van der Waals surface area (Å²) in [6.45, 7) is 1.27. The fourth-order valence-corrected chi connectivity index (χ4v) is 6.09. The fraction of sp³-hybridized carbons (Fsp3) is 0.286. The van der Waals surface area contributed by atoms with Crippen molar-refractivity contribution in [3.8, 4) is 0 Å². The van der Waals surface area contributed by atoms with Crippen molar-refractivity contribution in [3.63, 3.8) is 0 Å². The van der Waals surface area contributed by atoms with Crippen molar-refractivity contribution in [1.82, 2.24) is 14.5 Å². The van der Waals surface area contributed by atoms with E-state index >= 15 is 0 Å². The highest BCUT2D eigenvalue weighted by atomic mass is 32.2. The van der Waals surface area contributed by atoms with Crippen LogP contribution in [-0.2, 0) is 33.4 Å². The third kappa shape index (κ3) is 5.87. The number of imidazole rings is 1. The summed E-state index contributed by atoms with van der Waals surface area (Å²) in [4.78, 5) is 19.2. The number of amides is 1. The average molecular weight is 538 g/mol. The molecule has 0 spiro atoms. The molecule has 38 heavy (non-hydrogen) atoms. The highest BCUT2D eigenvalue weighted by Crippen LogP contribution is 2.23. The Bertz CT molecular complexity index is 1480. The Hall–Kier alpha value is -3.76. The van der Waals surface area contributed by atoms with E-state index < -0.39 is 21.4 Å². The minimum absolute atomic E-state index is 0.0660. The van der Waals surface area contributed by atoms with Crippen molar-refractivity contribution in [2.75, 3.05) is 13.2 Å². The van der Waals surface area contributed by atoms with E-state index in [1.54, 1.807) is 27.7 Å². The monoisotopic (exact) mass is 537 g/mol. The Morgan fingerprint density at radius 3 is 2.58 bits per heavy atom. The molecule has 4 aromatic rings. The predicted molar refractivity (Wildman–Crippen MR) is 137 cm³/mol. The number of hydrogen-bond donors (Lipinski definition) is 0. The molecule has 2 aromatic carbocycles. The molecule has 0 radical (unpaired) electrons. The number of furan rings is 1. The molecule has 0 bridgehead atoms. The summed E-state index contributed by atoms with van der Waals surface area (Å²) >= 11 is 0. The molecule has 1 amide bonds. The second kappa shape index (κ2) is 11.3. The zero-order valence-electron chi connectivity index (χ0n) is 20.7. The number of hydrogen-bond acceptors (Lipinski definition) is 6. The van der Waals surface area contributed by atoms with E-state index in [2.05, 4.69) is 4.98 Å². The van der Waals surface area contributed by atoms with E-state index in [0.717, 1.165) is 18.4 Å². The molecule has 1 aliphatic rings. The van der Waals surface area contributed by atoms with Crippen LogP contribution in [-0.4, -0.2) is 48.0 Å². The van der Waals surface area contributed by atoms with E-state index in [4.69, 9.17) is 9.15 Å². The number of nitrogens with zero attached hydrogens (tertiary/aromatic N) is 3. The summed E-state index contributed by atoms with van der Waals surface area (Å²) in [7, 11) is -4.02. The molecule has 0 unspecified atom stereocenters. The first-order valence-electron chi connectivity index (χ1n) is 12.4. The number of benzene rings is 2. The van der Waals surface area contributed by atoms with Crippen LogP contribution in [0, 0.1) is 5.82 Å². The van der Waals surface area contributed by atoms with Crippen LogP contribution in [0.5, 0.6) is 0 Å². The van der Waals surface area contributed by atoms with Crippen molar-refractivity contribution in [3.05, 3.63) is 108 Å². The van der Waals surface area contributed by atoms with Gasteiger partial charge >= 0.3 is 0 Å². The molecule has 0 aliphatic carbocycles. The van der Waals surface area contributed by atoms with Crippen LogP contribution < -0.4 is 0 Å². The van der Waals surface area contributed by atoms with Crippen LogP contribution in [0.15, 0.2) is 88.8 Å². The Morgan fingerprint density at radius 1 is 1.08 bits per heavy atom. The summed E-state index contributed by atoms with van der Waals surface area (Å²) < 4.78 is 54.0. The normalized spacial score (nSPS) is 15.6. The summed E-state index contributed by atoms with van der Waals surface area (Å²) in [5.41, 5.74) is 1.45. The highest BCUT2D eigenvalue weighted by Gasteiger charge is 2.29. The van der Waals surface area contributed by atoms with Gasteiger partial charge in [0.15, 0.2) is 5.76 Å². The SMILES string of the molecule is O=C(c1ccco1)N(Cc1cnc(S(=O)(=O)Cc2ccccc2F)n1Cc1ccccc1)C[C@H]1CCCO1. The molecule has 10 heteroatoms. The topological polar surface area (TPSA) is 94.6 Å². The molecular formula is C28H28FN3O5S. The van der Waals surface area contributed by atoms with Gasteiger partial charge in [0.2, 0.25) is 15.0 Å². The van der Waals surface area contributed by atoms with Crippen LogP contribution in [0.2, 0.25) is 0 Å². The molecule has 0 N–H and O–H groups in total. The van der Waals surface area contributed by atoms with E-state index in [1.165, 1.54) is 30.7 Å². The first-order chi connectivity index (χ1) is 18.4. The number of aromatic nitrogens is 2. The van der Waals surface area contributed by atoms with Crippen LogP contribution in [0.25, 0.3) is 0 Å². The second-order valence-electron chi connectivity index (χ2n) is 9.25. The molecule has 3 heterocycles. The molecule has 1 atom stereocenters. The number of sulfone groups is 1. The molecule has 5 rings (SSSR count). The molecule has 1 aliphatic heterocycles. The Kier molecular flexibility index (Phi) is 7.71. The van der Waals surface area contributed by atoms with Crippen molar-refractivity contribution in [2.24, 2.45) is 0 Å². The Morgan fingerprint density at radius 2 is 1.87 bits per heavy atom. The molecular weight excluding hydrogens is 509 g/mol. The number of carbonyl (C=O) groups excluding carboxylic acids is 1.